The van der Waals surface area contributed by atoms with Crippen molar-refractivity contribution in [1.29, 1.82) is 0 Å². The minimum absolute atomic E-state index is 0.0392. The second kappa shape index (κ2) is 8.58. The Morgan fingerprint density at radius 3 is 2.52 bits per heavy atom. The van der Waals surface area contributed by atoms with Gasteiger partial charge >= 0.3 is 5.69 Å². The second-order valence-corrected chi connectivity index (χ2v) is 10.6. The molecular formula is C21H30N4O5S. The summed E-state index contributed by atoms with van der Waals surface area (Å²) in [7, 11) is 0.190. The van der Waals surface area contributed by atoms with Gasteiger partial charge in [-0.05, 0) is 36.5 Å². The Balaban J connectivity index is 1.84. The number of carbonyl (C=O) groups is 1. The topological polar surface area (TPSA) is 110 Å². The number of nitrogens with one attached hydrogen (secondary N) is 1. The third-order valence-electron chi connectivity index (χ3n) is 6.57. The summed E-state index contributed by atoms with van der Waals surface area (Å²) in [6, 6.07) is 4.07. The van der Waals surface area contributed by atoms with E-state index in [1.165, 1.54) is 43.9 Å². The van der Waals surface area contributed by atoms with Gasteiger partial charge in [0.1, 0.15) is 0 Å². The van der Waals surface area contributed by atoms with Crippen LogP contribution in [0.15, 0.2) is 32.7 Å². The van der Waals surface area contributed by atoms with Gasteiger partial charge in [-0.1, -0.05) is 26.7 Å². The Labute approximate surface area is 181 Å². The summed E-state index contributed by atoms with van der Waals surface area (Å²) in [5.74, 6) is 0.496. The summed E-state index contributed by atoms with van der Waals surface area (Å²) in [6.07, 6.45) is 3.06. The Morgan fingerprint density at radius 2 is 1.84 bits per heavy atom. The van der Waals surface area contributed by atoms with Gasteiger partial charge in [0.25, 0.3) is 5.56 Å². The molecule has 10 heteroatoms. The lowest BCUT2D eigenvalue weighted by atomic mass is 9.78. The molecule has 1 aliphatic carbocycles. The van der Waals surface area contributed by atoms with Crippen molar-refractivity contribution in [3.05, 3.63) is 39.0 Å². The van der Waals surface area contributed by atoms with Crippen molar-refractivity contribution >= 4 is 26.8 Å². The van der Waals surface area contributed by atoms with E-state index in [0.717, 1.165) is 28.1 Å². The molecule has 0 bridgehead atoms. The van der Waals surface area contributed by atoms with Crippen LogP contribution in [0.1, 0.15) is 33.1 Å². The molecule has 1 aliphatic rings. The van der Waals surface area contributed by atoms with Crippen molar-refractivity contribution < 1.29 is 13.2 Å². The highest BCUT2D eigenvalue weighted by molar-refractivity contribution is 7.89. The zero-order valence-electron chi connectivity index (χ0n) is 18.6. The molecule has 0 saturated heterocycles. The molecule has 1 saturated carbocycles. The molecule has 1 aromatic carbocycles. The van der Waals surface area contributed by atoms with Crippen molar-refractivity contribution in [2.45, 2.75) is 44.0 Å². The summed E-state index contributed by atoms with van der Waals surface area (Å²) >= 11 is 0. The Kier molecular flexibility index (Phi) is 6.43. The van der Waals surface area contributed by atoms with Crippen LogP contribution in [0.2, 0.25) is 0 Å². The van der Waals surface area contributed by atoms with Crippen LogP contribution in [-0.4, -0.2) is 47.4 Å². The maximum Gasteiger partial charge on any atom is 0.330 e. The molecule has 1 fully saturated rings. The molecule has 0 aliphatic heterocycles. The molecule has 0 spiro atoms. The van der Waals surface area contributed by atoms with E-state index in [1.54, 1.807) is 0 Å². The number of likely N-dealkylation sites (N-methyl/N-ethyl adjacent to an activating group) is 1. The summed E-state index contributed by atoms with van der Waals surface area (Å²) in [4.78, 5) is 37.0. The summed E-state index contributed by atoms with van der Waals surface area (Å²) in [6.45, 7) is 3.96. The number of benzene rings is 1. The first-order valence-electron chi connectivity index (χ1n) is 10.4. The number of hydrogen-bond donors (Lipinski definition) is 1. The van der Waals surface area contributed by atoms with Crippen molar-refractivity contribution in [2.24, 2.45) is 25.9 Å². The lowest BCUT2D eigenvalue weighted by molar-refractivity contribution is -0.122. The van der Waals surface area contributed by atoms with Crippen LogP contribution in [0, 0.1) is 11.8 Å². The van der Waals surface area contributed by atoms with Crippen molar-refractivity contribution in [3.8, 4) is 0 Å². The van der Waals surface area contributed by atoms with E-state index in [2.05, 4.69) is 19.2 Å². The van der Waals surface area contributed by atoms with E-state index in [1.807, 2.05) is 0 Å². The smallest absolute Gasteiger partial charge is 0.330 e. The van der Waals surface area contributed by atoms with Crippen molar-refractivity contribution in [1.82, 2.24) is 18.8 Å². The normalized spacial score (nSPS) is 22.1. The lowest BCUT2D eigenvalue weighted by Gasteiger charge is -2.34. The van der Waals surface area contributed by atoms with Gasteiger partial charge in [0, 0.05) is 27.2 Å². The highest BCUT2D eigenvalue weighted by Gasteiger charge is 2.30. The van der Waals surface area contributed by atoms with E-state index >= 15 is 0 Å². The van der Waals surface area contributed by atoms with Gasteiger partial charge in [0.2, 0.25) is 15.9 Å². The first kappa shape index (κ1) is 23.2. The van der Waals surface area contributed by atoms with Gasteiger partial charge in [-0.2, -0.15) is 4.31 Å². The number of sulfonamides is 1. The fourth-order valence-electron chi connectivity index (χ4n) is 4.24. The number of rotatable bonds is 5. The number of carbonyl (C=O) groups excluding carboxylic acids is 1. The van der Waals surface area contributed by atoms with Crippen LogP contribution in [0.25, 0.3) is 10.9 Å². The maximum absolute atomic E-state index is 13.0. The zero-order valence-corrected chi connectivity index (χ0v) is 19.4. The van der Waals surface area contributed by atoms with E-state index in [9.17, 15) is 22.8 Å². The number of aromatic nitrogens is 2. The van der Waals surface area contributed by atoms with E-state index in [0.29, 0.717) is 17.4 Å². The fourth-order valence-corrected chi connectivity index (χ4v) is 5.39. The minimum atomic E-state index is -4.01. The Hall–Kier alpha value is -2.46. The molecule has 3 unspecified atom stereocenters. The largest absolute Gasteiger partial charge is 0.352 e. The van der Waals surface area contributed by atoms with Crippen LogP contribution in [-0.2, 0) is 28.9 Å². The summed E-state index contributed by atoms with van der Waals surface area (Å²) in [5, 5.41) is 3.10. The average Bonchev–Trinajstić information content (AvgIpc) is 2.73. The van der Waals surface area contributed by atoms with Crippen molar-refractivity contribution in [2.75, 3.05) is 13.6 Å². The highest BCUT2D eigenvalue weighted by atomic mass is 32.2. The molecule has 3 rings (SSSR count). The van der Waals surface area contributed by atoms with Crippen LogP contribution >= 0.6 is 0 Å². The molecule has 170 valence electrons. The number of fused-ring (bicyclic) bond motifs is 1. The number of amides is 1. The summed E-state index contributed by atoms with van der Waals surface area (Å²) in [5.41, 5.74) is -0.725. The fraction of sp³-hybridized carbons (Fsp3) is 0.571. The molecule has 0 radical (unpaired) electrons. The van der Waals surface area contributed by atoms with Crippen LogP contribution in [0.4, 0.5) is 0 Å². The predicted molar refractivity (Wildman–Crippen MR) is 118 cm³/mol. The first-order chi connectivity index (χ1) is 14.4. The van der Waals surface area contributed by atoms with Gasteiger partial charge in [-0.15, -0.1) is 0 Å². The maximum atomic E-state index is 13.0. The average molecular weight is 451 g/mol. The number of aryl methyl sites for hydroxylation is 1. The van der Waals surface area contributed by atoms with Gasteiger partial charge in [-0.3, -0.25) is 18.7 Å². The summed E-state index contributed by atoms with van der Waals surface area (Å²) < 4.78 is 29.3. The second-order valence-electron chi connectivity index (χ2n) is 8.59. The first-order valence-corrected chi connectivity index (χ1v) is 11.8. The SMILES string of the molecule is CC1CCCC(NC(=O)CN(C)S(=O)(=O)c2ccc3c(c2)c(=O)n(C)c(=O)n3C)C1C. The number of nitrogens with zero attached hydrogens (tertiary/aromatic N) is 3. The molecule has 2 aromatic rings. The van der Waals surface area contributed by atoms with Gasteiger partial charge in [-0.25, -0.2) is 13.2 Å². The lowest BCUT2D eigenvalue weighted by Crippen LogP contribution is -2.47. The van der Waals surface area contributed by atoms with E-state index in [-0.39, 0.29) is 28.8 Å². The molecule has 1 amide bonds. The molecule has 9 nitrogen and oxygen atoms in total. The molecule has 3 atom stereocenters. The third-order valence-corrected chi connectivity index (χ3v) is 8.37. The predicted octanol–water partition coefficient (Wildman–Crippen LogP) is 0.799. The molecule has 1 aromatic heterocycles. The Morgan fingerprint density at radius 1 is 1.16 bits per heavy atom. The van der Waals surface area contributed by atoms with Crippen LogP contribution in [0.3, 0.4) is 0 Å². The third kappa shape index (κ3) is 4.31. The van der Waals surface area contributed by atoms with Gasteiger partial charge in [0.15, 0.2) is 0 Å². The molecule has 31 heavy (non-hydrogen) atoms. The van der Waals surface area contributed by atoms with Gasteiger partial charge in [0.05, 0.1) is 22.3 Å². The van der Waals surface area contributed by atoms with E-state index < -0.39 is 21.3 Å². The van der Waals surface area contributed by atoms with E-state index in [4.69, 9.17) is 0 Å². The van der Waals surface area contributed by atoms with Crippen LogP contribution in [0.5, 0.6) is 0 Å². The number of hydrogen-bond acceptors (Lipinski definition) is 5. The quantitative estimate of drug-likeness (QED) is 0.724. The molecular weight excluding hydrogens is 420 g/mol. The zero-order chi connectivity index (χ0) is 23.1. The van der Waals surface area contributed by atoms with Crippen LogP contribution < -0.4 is 16.6 Å². The standard InChI is InChI=1S/C21H30N4O5S/c1-13-7-6-8-17(14(13)2)22-19(26)12-23(3)31(29,30)15-9-10-18-16(11-15)20(27)25(5)21(28)24(18)4/h9-11,13-14,17H,6-8,12H2,1-5H3,(H,22,26). The highest BCUT2D eigenvalue weighted by Crippen LogP contribution is 2.29. The minimum Gasteiger partial charge on any atom is -0.352 e. The van der Waals surface area contributed by atoms with Crippen molar-refractivity contribution in [3.63, 3.8) is 0 Å². The monoisotopic (exact) mass is 450 g/mol. The molecule has 1 heterocycles. The van der Waals surface area contributed by atoms with Gasteiger partial charge < -0.3 is 5.32 Å². The Bertz CT molecular complexity index is 1230. The molecule has 1 N–H and O–H groups in total.